The van der Waals surface area contributed by atoms with Gasteiger partial charge in [-0.15, -0.1) is 11.3 Å². The number of ether oxygens (including phenoxy) is 1. The Bertz CT molecular complexity index is 741. The molecule has 5 heteroatoms. The third-order valence-electron chi connectivity index (χ3n) is 3.38. The zero-order valence-electron chi connectivity index (χ0n) is 13.6. The largest absolute Gasteiger partial charge is 0.465 e. The van der Waals surface area contributed by atoms with Gasteiger partial charge in [-0.05, 0) is 29.2 Å². The Morgan fingerprint density at radius 1 is 1.22 bits per heavy atom. The molecule has 0 unspecified atom stereocenters. The van der Waals surface area contributed by atoms with Crippen LogP contribution in [0.15, 0.2) is 30.3 Å². The van der Waals surface area contributed by atoms with E-state index in [1.165, 1.54) is 30.6 Å². The van der Waals surface area contributed by atoms with Crippen molar-refractivity contribution >= 4 is 23.1 Å². The van der Waals surface area contributed by atoms with Crippen molar-refractivity contribution in [3.8, 4) is 0 Å². The highest BCUT2D eigenvalue weighted by atomic mass is 32.1. The van der Waals surface area contributed by atoms with Gasteiger partial charge >= 0.3 is 5.97 Å². The van der Waals surface area contributed by atoms with Gasteiger partial charge in [0.2, 0.25) is 0 Å². The Balaban J connectivity index is 2.38. The molecule has 2 aromatic rings. The number of carbonyl (C=O) groups excluding carboxylic acids is 2. The predicted octanol–water partition coefficient (Wildman–Crippen LogP) is 4.40. The van der Waals surface area contributed by atoms with Crippen LogP contribution in [0.25, 0.3) is 0 Å². The summed E-state index contributed by atoms with van der Waals surface area (Å²) < 4.78 is 18.0. The molecule has 0 amide bonds. The minimum Gasteiger partial charge on any atom is -0.465 e. The summed E-state index contributed by atoms with van der Waals surface area (Å²) in [7, 11) is 1.29. The standard InChI is InChI=1S/C18H19FO3S/c1-18(2,3)15-10-13(17(21)22-4)16(23-15)14(20)9-11-6-5-7-12(19)8-11/h5-8,10H,9H2,1-4H3. The molecule has 0 aliphatic heterocycles. The molecule has 0 radical (unpaired) electrons. The number of ketones is 1. The van der Waals surface area contributed by atoms with Gasteiger partial charge in [0, 0.05) is 11.3 Å². The molecule has 1 aromatic carbocycles. The van der Waals surface area contributed by atoms with Gasteiger partial charge < -0.3 is 4.74 Å². The first-order chi connectivity index (χ1) is 10.7. The number of thiophene rings is 1. The summed E-state index contributed by atoms with van der Waals surface area (Å²) in [5.41, 5.74) is 0.686. The van der Waals surface area contributed by atoms with Crippen LogP contribution in [0.2, 0.25) is 0 Å². The second-order valence-electron chi connectivity index (χ2n) is 6.32. The fourth-order valence-electron chi connectivity index (χ4n) is 2.14. The summed E-state index contributed by atoms with van der Waals surface area (Å²) in [6.07, 6.45) is 0.0475. The van der Waals surface area contributed by atoms with E-state index in [1.807, 2.05) is 20.8 Å². The maximum Gasteiger partial charge on any atom is 0.339 e. The van der Waals surface area contributed by atoms with Crippen molar-refractivity contribution in [1.82, 2.24) is 0 Å². The molecule has 0 bridgehead atoms. The highest BCUT2D eigenvalue weighted by Crippen LogP contribution is 2.33. The quantitative estimate of drug-likeness (QED) is 0.615. The highest BCUT2D eigenvalue weighted by Gasteiger charge is 2.26. The fraction of sp³-hybridized carbons (Fsp3) is 0.333. The SMILES string of the molecule is COC(=O)c1cc(C(C)(C)C)sc1C(=O)Cc1cccc(F)c1. The van der Waals surface area contributed by atoms with E-state index in [0.29, 0.717) is 10.4 Å². The molecule has 0 aliphatic carbocycles. The molecule has 2 rings (SSSR count). The van der Waals surface area contributed by atoms with Gasteiger partial charge in [0.1, 0.15) is 5.82 Å². The van der Waals surface area contributed by atoms with Gasteiger partial charge in [0.25, 0.3) is 0 Å². The molecule has 3 nitrogen and oxygen atoms in total. The number of rotatable bonds is 4. The van der Waals surface area contributed by atoms with E-state index in [-0.39, 0.29) is 29.0 Å². The van der Waals surface area contributed by atoms with Crippen LogP contribution >= 0.6 is 11.3 Å². The number of hydrogen-bond acceptors (Lipinski definition) is 4. The first kappa shape index (κ1) is 17.3. The molecular formula is C18H19FO3S. The maximum absolute atomic E-state index is 13.3. The van der Waals surface area contributed by atoms with Crippen molar-refractivity contribution in [2.24, 2.45) is 0 Å². The molecule has 0 saturated carbocycles. The van der Waals surface area contributed by atoms with E-state index in [9.17, 15) is 14.0 Å². The lowest BCUT2D eigenvalue weighted by atomic mass is 9.94. The summed E-state index contributed by atoms with van der Waals surface area (Å²) in [5, 5.41) is 0. The second-order valence-corrected chi connectivity index (χ2v) is 7.38. The zero-order chi connectivity index (χ0) is 17.2. The fourth-order valence-corrected chi connectivity index (χ4v) is 3.28. The van der Waals surface area contributed by atoms with Crippen LogP contribution < -0.4 is 0 Å². The van der Waals surface area contributed by atoms with Crippen LogP contribution in [0.5, 0.6) is 0 Å². The van der Waals surface area contributed by atoms with Crippen LogP contribution in [0, 0.1) is 5.82 Å². The first-order valence-electron chi connectivity index (χ1n) is 7.22. The Labute approximate surface area is 139 Å². The van der Waals surface area contributed by atoms with E-state index >= 15 is 0 Å². The average Bonchev–Trinajstić information content (AvgIpc) is 2.91. The third-order valence-corrected chi connectivity index (χ3v) is 4.99. The van der Waals surface area contributed by atoms with Crippen molar-refractivity contribution in [2.75, 3.05) is 7.11 Å². The zero-order valence-corrected chi connectivity index (χ0v) is 14.4. The average molecular weight is 334 g/mol. The Kier molecular flexibility index (Phi) is 5.00. The predicted molar refractivity (Wildman–Crippen MR) is 88.8 cm³/mol. The third kappa shape index (κ3) is 4.05. The minimum absolute atomic E-state index is 0.0475. The lowest BCUT2D eigenvalue weighted by Gasteiger charge is -2.15. The lowest BCUT2D eigenvalue weighted by molar-refractivity contribution is 0.0598. The van der Waals surface area contributed by atoms with Gasteiger partial charge in [0.05, 0.1) is 17.6 Å². The van der Waals surface area contributed by atoms with Crippen LogP contribution in [0.4, 0.5) is 4.39 Å². The normalized spacial score (nSPS) is 11.3. The Morgan fingerprint density at radius 2 is 1.91 bits per heavy atom. The van der Waals surface area contributed by atoms with Crippen molar-refractivity contribution in [3.63, 3.8) is 0 Å². The van der Waals surface area contributed by atoms with Gasteiger partial charge in [-0.3, -0.25) is 4.79 Å². The summed E-state index contributed by atoms with van der Waals surface area (Å²) in [5.74, 6) is -1.12. The number of methoxy groups -OCH3 is 1. The van der Waals surface area contributed by atoms with E-state index in [1.54, 1.807) is 18.2 Å². The van der Waals surface area contributed by atoms with E-state index in [0.717, 1.165) is 4.88 Å². The maximum atomic E-state index is 13.3. The van der Waals surface area contributed by atoms with Crippen LogP contribution in [-0.4, -0.2) is 18.9 Å². The summed E-state index contributed by atoms with van der Waals surface area (Å²) >= 11 is 1.30. The number of carbonyl (C=O) groups is 2. The van der Waals surface area contributed by atoms with Crippen LogP contribution in [0.3, 0.4) is 0 Å². The molecule has 0 spiro atoms. The molecule has 1 aromatic heterocycles. The van der Waals surface area contributed by atoms with Crippen LogP contribution in [-0.2, 0) is 16.6 Å². The molecular weight excluding hydrogens is 315 g/mol. The van der Waals surface area contributed by atoms with Gasteiger partial charge in [0.15, 0.2) is 5.78 Å². The Morgan fingerprint density at radius 3 is 2.48 bits per heavy atom. The van der Waals surface area contributed by atoms with Crippen molar-refractivity contribution in [2.45, 2.75) is 32.6 Å². The van der Waals surface area contributed by atoms with Gasteiger partial charge in [-0.1, -0.05) is 32.9 Å². The number of Topliss-reactive ketones (excluding diaryl/α,β-unsaturated/α-hetero) is 1. The monoisotopic (exact) mass is 334 g/mol. The number of halogens is 1. The van der Waals surface area contributed by atoms with E-state index < -0.39 is 5.97 Å². The molecule has 0 aliphatic rings. The first-order valence-corrected chi connectivity index (χ1v) is 8.04. The summed E-state index contributed by atoms with van der Waals surface area (Å²) in [6.45, 7) is 6.04. The van der Waals surface area contributed by atoms with Crippen LogP contribution in [0.1, 0.15) is 51.2 Å². The highest BCUT2D eigenvalue weighted by molar-refractivity contribution is 7.14. The smallest absolute Gasteiger partial charge is 0.339 e. The molecule has 1 heterocycles. The summed E-state index contributed by atoms with van der Waals surface area (Å²) in [6, 6.07) is 7.63. The minimum atomic E-state index is -0.528. The van der Waals surface area contributed by atoms with Gasteiger partial charge in [-0.25, -0.2) is 9.18 Å². The lowest BCUT2D eigenvalue weighted by Crippen LogP contribution is -2.09. The number of benzene rings is 1. The van der Waals surface area contributed by atoms with E-state index in [2.05, 4.69) is 0 Å². The number of esters is 1. The summed E-state index contributed by atoms with van der Waals surface area (Å²) in [4.78, 5) is 25.8. The van der Waals surface area contributed by atoms with Crippen molar-refractivity contribution < 1.29 is 18.7 Å². The molecule has 23 heavy (non-hydrogen) atoms. The van der Waals surface area contributed by atoms with Gasteiger partial charge in [-0.2, -0.15) is 0 Å². The van der Waals surface area contributed by atoms with Crippen molar-refractivity contribution in [1.29, 1.82) is 0 Å². The van der Waals surface area contributed by atoms with E-state index in [4.69, 9.17) is 4.74 Å². The second kappa shape index (κ2) is 6.62. The van der Waals surface area contributed by atoms with Crippen molar-refractivity contribution in [3.05, 3.63) is 57.0 Å². The topological polar surface area (TPSA) is 43.4 Å². The number of hydrogen-bond donors (Lipinski definition) is 0. The molecule has 0 fully saturated rings. The molecule has 0 saturated heterocycles. The molecule has 0 atom stereocenters. The molecule has 122 valence electrons. The molecule has 0 N–H and O–H groups in total. The Hall–Kier alpha value is -2.01.